The Bertz CT molecular complexity index is 1180. The van der Waals surface area contributed by atoms with Gasteiger partial charge in [0.15, 0.2) is 17.3 Å². The van der Waals surface area contributed by atoms with E-state index in [0.717, 1.165) is 34.8 Å². The minimum absolute atomic E-state index is 0.0767. The molecule has 2 aromatic carbocycles. The van der Waals surface area contributed by atoms with Crippen LogP contribution in [0.4, 0.5) is 0 Å². The second-order valence-electron chi connectivity index (χ2n) is 7.51. The average molecular weight is 432 g/mol. The zero-order valence-corrected chi connectivity index (χ0v) is 18.7. The van der Waals surface area contributed by atoms with Crippen molar-refractivity contribution in [1.82, 2.24) is 20.2 Å². The molecule has 0 fully saturated rings. The number of aliphatic imine (C=N–C) groups is 1. The first kappa shape index (κ1) is 21.5. The number of hydrogen-bond donors (Lipinski definition) is 2. The van der Waals surface area contributed by atoms with Gasteiger partial charge in [0, 0.05) is 31.4 Å². The molecule has 4 aromatic rings. The lowest BCUT2D eigenvalue weighted by Crippen LogP contribution is -2.38. The van der Waals surface area contributed by atoms with E-state index in [0.29, 0.717) is 19.1 Å². The van der Waals surface area contributed by atoms with Gasteiger partial charge in [0.05, 0.1) is 19.2 Å². The largest absolute Gasteiger partial charge is 0.490 e. The zero-order chi connectivity index (χ0) is 22.3. The molecule has 0 radical (unpaired) electrons. The van der Waals surface area contributed by atoms with Gasteiger partial charge in [0.1, 0.15) is 11.6 Å². The molecule has 1 unspecified atom stereocenters. The van der Waals surface area contributed by atoms with Crippen LogP contribution in [0.1, 0.15) is 37.0 Å². The highest BCUT2D eigenvalue weighted by atomic mass is 16.5. The highest BCUT2D eigenvalue weighted by Crippen LogP contribution is 2.31. The van der Waals surface area contributed by atoms with Gasteiger partial charge in [0.25, 0.3) is 0 Å². The standard InChI is InChI=1S/C25H29N5O2/c1-4-31-21-12-8-11-20-15-22(32-24(20)21)18(2)29-25(26-3)28-16-23-27-13-14-30(23)17-19-9-6-5-7-10-19/h5-15,18H,4,16-17H2,1-3H3,(H2,26,28,29). The van der Waals surface area contributed by atoms with Gasteiger partial charge in [-0.3, -0.25) is 4.99 Å². The number of hydrogen-bond acceptors (Lipinski definition) is 4. The van der Waals surface area contributed by atoms with Crippen LogP contribution in [0.2, 0.25) is 0 Å². The molecule has 0 spiro atoms. The molecule has 2 heterocycles. The third kappa shape index (κ3) is 4.94. The smallest absolute Gasteiger partial charge is 0.191 e. The number of para-hydroxylation sites is 1. The fraction of sp³-hybridized carbons (Fsp3) is 0.280. The van der Waals surface area contributed by atoms with Crippen LogP contribution in [0.15, 0.2) is 76.4 Å². The van der Waals surface area contributed by atoms with Crippen molar-refractivity contribution < 1.29 is 9.15 Å². The summed E-state index contributed by atoms with van der Waals surface area (Å²) in [5, 5.41) is 7.77. The lowest BCUT2D eigenvalue weighted by atomic mass is 10.2. The Balaban J connectivity index is 1.40. The fourth-order valence-corrected chi connectivity index (χ4v) is 3.60. The molecule has 0 aliphatic heterocycles. The Kier molecular flexibility index (Phi) is 6.75. The zero-order valence-electron chi connectivity index (χ0n) is 18.7. The van der Waals surface area contributed by atoms with E-state index in [-0.39, 0.29) is 6.04 Å². The molecule has 0 aliphatic carbocycles. The Morgan fingerprint density at radius 2 is 2.03 bits per heavy atom. The molecule has 7 heteroatoms. The Morgan fingerprint density at radius 1 is 1.19 bits per heavy atom. The SMILES string of the molecule is CCOc1cccc2cc(C(C)NC(=NC)NCc3nccn3Cc3ccccc3)oc12. The van der Waals surface area contributed by atoms with Crippen LogP contribution in [-0.4, -0.2) is 29.2 Å². The molecule has 2 N–H and O–H groups in total. The highest BCUT2D eigenvalue weighted by molar-refractivity contribution is 5.84. The molecular weight excluding hydrogens is 402 g/mol. The van der Waals surface area contributed by atoms with Crippen LogP contribution in [-0.2, 0) is 13.1 Å². The molecule has 1 atom stereocenters. The Morgan fingerprint density at radius 3 is 2.81 bits per heavy atom. The lowest BCUT2D eigenvalue weighted by molar-refractivity contribution is 0.336. The summed E-state index contributed by atoms with van der Waals surface area (Å²) in [5.41, 5.74) is 2.00. The van der Waals surface area contributed by atoms with Gasteiger partial charge >= 0.3 is 0 Å². The van der Waals surface area contributed by atoms with Crippen molar-refractivity contribution in [3.63, 3.8) is 0 Å². The first-order valence-corrected chi connectivity index (χ1v) is 10.8. The Labute approximate surface area is 188 Å². The molecule has 0 aliphatic rings. The number of ether oxygens (including phenoxy) is 1. The summed E-state index contributed by atoms with van der Waals surface area (Å²) in [6, 6.07) is 18.2. The van der Waals surface area contributed by atoms with Crippen molar-refractivity contribution in [2.24, 2.45) is 4.99 Å². The topological polar surface area (TPSA) is 76.6 Å². The molecule has 2 aromatic heterocycles. The van der Waals surface area contributed by atoms with Crippen molar-refractivity contribution >= 4 is 16.9 Å². The van der Waals surface area contributed by atoms with Crippen LogP contribution in [0.5, 0.6) is 5.75 Å². The van der Waals surface area contributed by atoms with Gasteiger partial charge in [-0.25, -0.2) is 4.98 Å². The first-order chi connectivity index (χ1) is 15.7. The maximum absolute atomic E-state index is 6.11. The van der Waals surface area contributed by atoms with Gasteiger partial charge in [-0.05, 0) is 31.5 Å². The van der Waals surface area contributed by atoms with Crippen molar-refractivity contribution in [2.45, 2.75) is 33.0 Å². The monoisotopic (exact) mass is 431 g/mol. The third-order valence-corrected chi connectivity index (χ3v) is 5.24. The lowest BCUT2D eigenvalue weighted by Gasteiger charge is -2.16. The number of rotatable bonds is 8. The van der Waals surface area contributed by atoms with Crippen molar-refractivity contribution in [3.05, 3.63) is 84.1 Å². The van der Waals surface area contributed by atoms with E-state index in [2.05, 4.69) is 37.3 Å². The number of nitrogens with one attached hydrogen (secondary N) is 2. The molecule has 0 saturated carbocycles. The van der Waals surface area contributed by atoms with Gasteiger partial charge in [0.2, 0.25) is 0 Å². The van der Waals surface area contributed by atoms with Gasteiger partial charge in [-0.1, -0.05) is 42.5 Å². The highest BCUT2D eigenvalue weighted by Gasteiger charge is 2.16. The fourth-order valence-electron chi connectivity index (χ4n) is 3.60. The summed E-state index contributed by atoms with van der Waals surface area (Å²) in [5.74, 6) is 3.20. The number of nitrogens with zero attached hydrogens (tertiary/aromatic N) is 3. The second-order valence-corrected chi connectivity index (χ2v) is 7.51. The normalized spacial score (nSPS) is 12.7. The second kappa shape index (κ2) is 10.0. The summed E-state index contributed by atoms with van der Waals surface area (Å²) in [6.07, 6.45) is 3.82. The predicted octanol–water partition coefficient (Wildman–Crippen LogP) is 4.50. The van der Waals surface area contributed by atoms with E-state index in [1.807, 2.05) is 68.7 Å². The van der Waals surface area contributed by atoms with E-state index in [4.69, 9.17) is 9.15 Å². The molecular formula is C25H29N5O2. The van der Waals surface area contributed by atoms with E-state index in [1.54, 1.807) is 7.05 Å². The predicted molar refractivity (Wildman–Crippen MR) is 127 cm³/mol. The number of imidazole rings is 1. The summed E-state index contributed by atoms with van der Waals surface area (Å²) >= 11 is 0. The number of benzene rings is 2. The van der Waals surface area contributed by atoms with E-state index >= 15 is 0 Å². The Hall–Kier alpha value is -3.74. The molecule has 4 rings (SSSR count). The van der Waals surface area contributed by atoms with Crippen LogP contribution >= 0.6 is 0 Å². The van der Waals surface area contributed by atoms with Crippen LogP contribution in [0.3, 0.4) is 0 Å². The van der Waals surface area contributed by atoms with Gasteiger partial charge < -0.3 is 24.4 Å². The van der Waals surface area contributed by atoms with E-state index < -0.39 is 0 Å². The number of guanidine groups is 1. The van der Waals surface area contributed by atoms with Gasteiger partial charge in [-0.2, -0.15) is 0 Å². The summed E-state index contributed by atoms with van der Waals surface area (Å²) in [6.45, 7) is 5.94. The first-order valence-electron chi connectivity index (χ1n) is 10.8. The average Bonchev–Trinajstić information content (AvgIpc) is 3.45. The maximum atomic E-state index is 6.11. The number of fused-ring (bicyclic) bond motifs is 1. The summed E-state index contributed by atoms with van der Waals surface area (Å²) in [7, 11) is 1.75. The number of aromatic nitrogens is 2. The molecule has 7 nitrogen and oxygen atoms in total. The molecule has 0 amide bonds. The van der Waals surface area contributed by atoms with Crippen LogP contribution in [0, 0.1) is 0 Å². The van der Waals surface area contributed by atoms with Crippen LogP contribution in [0.25, 0.3) is 11.0 Å². The molecule has 0 saturated heterocycles. The molecule has 166 valence electrons. The molecule has 32 heavy (non-hydrogen) atoms. The third-order valence-electron chi connectivity index (χ3n) is 5.24. The van der Waals surface area contributed by atoms with E-state index in [9.17, 15) is 0 Å². The molecule has 0 bridgehead atoms. The minimum Gasteiger partial charge on any atom is -0.490 e. The maximum Gasteiger partial charge on any atom is 0.191 e. The summed E-state index contributed by atoms with van der Waals surface area (Å²) in [4.78, 5) is 8.86. The number of furan rings is 1. The van der Waals surface area contributed by atoms with Gasteiger partial charge in [-0.15, -0.1) is 0 Å². The van der Waals surface area contributed by atoms with Crippen LogP contribution < -0.4 is 15.4 Å². The summed E-state index contributed by atoms with van der Waals surface area (Å²) < 4.78 is 13.9. The van der Waals surface area contributed by atoms with E-state index in [1.165, 1.54) is 5.56 Å². The quantitative estimate of drug-likeness (QED) is 0.317. The minimum atomic E-state index is -0.0767. The van der Waals surface area contributed by atoms with Crippen molar-refractivity contribution in [2.75, 3.05) is 13.7 Å². The van der Waals surface area contributed by atoms with Crippen molar-refractivity contribution in [3.8, 4) is 5.75 Å². The van der Waals surface area contributed by atoms with Crippen molar-refractivity contribution in [1.29, 1.82) is 0 Å².